The van der Waals surface area contributed by atoms with E-state index < -0.39 is 269 Å². The van der Waals surface area contributed by atoms with Crippen molar-refractivity contribution >= 4 is 11.9 Å². The molecule has 40 unspecified atom stereocenters. The first-order chi connectivity index (χ1) is 53.5. The zero-order valence-corrected chi connectivity index (χ0v) is 66.3. The highest BCUT2D eigenvalue weighted by molar-refractivity contribution is 5.88. The third-order valence-electron chi connectivity index (χ3n) is 28.7. The number of aliphatic hydroxyl groups is 19. The molecule has 35 heteroatoms. The van der Waals surface area contributed by atoms with Gasteiger partial charge in [0.1, 0.15) is 135 Å². The molecule has 12 aliphatic rings. The second-order valence-electron chi connectivity index (χ2n) is 36.7. The van der Waals surface area contributed by atoms with Crippen molar-refractivity contribution < 1.29 is 173 Å². The quantitative estimate of drug-likeness (QED) is 0.0210. The molecule has 652 valence electrons. The molecule has 0 radical (unpaired) electrons. The predicted molar refractivity (Wildman–Crippen MR) is 388 cm³/mol. The van der Waals surface area contributed by atoms with Crippen molar-refractivity contribution in [2.24, 2.45) is 50.2 Å². The van der Waals surface area contributed by atoms with Gasteiger partial charge in [0.25, 0.3) is 0 Å². The number of allylic oxidation sites excluding steroid dienone is 3. The largest absolute Gasteiger partial charge is 0.459 e. The fourth-order valence-electron chi connectivity index (χ4n) is 21.2. The number of fused-ring (bicyclic) bond motifs is 7. The van der Waals surface area contributed by atoms with Gasteiger partial charge in [-0.25, -0.2) is 4.79 Å². The molecule has 6 aliphatic heterocycles. The Morgan fingerprint density at radius 1 is 0.544 bits per heavy atom. The van der Waals surface area contributed by atoms with Crippen LogP contribution in [0.25, 0.3) is 0 Å². The van der Waals surface area contributed by atoms with Crippen molar-refractivity contribution in [1.82, 2.24) is 0 Å². The number of carbonyl (C=O) groups excluding carboxylic acids is 2. The SMILES string of the molecule is C=CC(C)(O)CCC=C(CO)C(=O)OCC1OC(OC(=O)C23CCC(C)(C)CC2C2=CCC4C5(C)CCC(OC6OC(COC7OCC(O)C(O)C7OC7CCC(O)C(O)C7O)C(O)C(O)C6O)C(C)(C)C5CCC4(C)C2(C)CC3)C(OC2OC(C)C(OC3OCC(O)C(OC4OCC(O)C(O)C4O)C3O)C(O)C2O)C(O)C1O. The fourth-order valence-corrected chi connectivity index (χ4v) is 21.2. The summed E-state index contributed by atoms with van der Waals surface area (Å²) >= 11 is 0. The number of ether oxygens (including phenoxy) is 14. The molecular weight excluding hydrogens is 1510 g/mol. The Labute approximate surface area is 662 Å². The minimum Gasteiger partial charge on any atom is -0.459 e. The van der Waals surface area contributed by atoms with Gasteiger partial charge in [0.2, 0.25) is 6.29 Å². The zero-order chi connectivity index (χ0) is 83.2. The summed E-state index contributed by atoms with van der Waals surface area (Å²) in [4.78, 5) is 29.7. The summed E-state index contributed by atoms with van der Waals surface area (Å²) in [6, 6.07) is 0. The highest BCUT2D eigenvalue weighted by Crippen LogP contribution is 2.76. The van der Waals surface area contributed by atoms with Gasteiger partial charge < -0.3 is 163 Å². The Hall–Kier alpha value is -3.08. The van der Waals surface area contributed by atoms with E-state index in [4.69, 9.17) is 66.3 Å². The first-order valence-corrected chi connectivity index (χ1v) is 40.5. The summed E-state index contributed by atoms with van der Waals surface area (Å²) in [7, 11) is 0. The van der Waals surface area contributed by atoms with Crippen molar-refractivity contribution in [2.75, 3.05) is 39.6 Å². The van der Waals surface area contributed by atoms with Crippen molar-refractivity contribution in [3.8, 4) is 0 Å². The number of esters is 2. The highest BCUT2D eigenvalue weighted by Gasteiger charge is 2.71. The van der Waals surface area contributed by atoms with Gasteiger partial charge >= 0.3 is 11.9 Å². The van der Waals surface area contributed by atoms with Crippen LogP contribution in [0.4, 0.5) is 0 Å². The summed E-state index contributed by atoms with van der Waals surface area (Å²) in [6.07, 6.45) is -40.2. The van der Waals surface area contributed by atoms with Gasteiger partial charge in [0.05, 0.1) is 74.0 Å². The van der Waals surface area contributed by atoms with E-state index in [1.54, 1.807) is 0 Å². The molecule has 5 saturated carbocycles. The van der Waals surface area contributed by atoms with Crippen molar-refractivity contribution in [1.29, 1.82) is 0 Å². The Morgan fingerprint density at radius 3 is 1.81 bits per heavy atom. The average Bonchev–Trinajstić information content (AvgIpc) is 0.673. The van der Waals surface area contributed by atoms with Crippen molar-refractivity contribution in [3.63, 3.8) is 0 Å². The Kier molecular flexibility index (Phi) is 27.7. The highest BCUT2D eigenvalue weighted by atomic mass is 16.8. The van der Waals surface area contributed by atoms with Crippen LogP contribution in [0, 0.1) is 50.2 Å². The molecule has 0 amide bonds. The normalized spacial score (nSPS) is 50.2. The predicted octanol–water partition coefficient (Wildman–Crippen LogP) is -2.99. The molecule has 6 heterocycles. The minimum atomic E-state index is -2.08. The minimum absolute atomic E-state index is 0.0357. The Bertz CT molecular complexity index is 3340. The molecule has 40 atom stereocenters. The zero-order valence-electron chi connectivity index (χ0n) is 66.3. The fraction of sp³-hybridized carbons (Fsp3) is 0.899. The summed E-state index contributed by atoms with van der Waals surface area (Å²) in [5.41, 5.74) is -3.63. The Morgan fingerprint density at radius 2 is 1.11 bits per heavy atom. The van der Waals surface area contributed by atoms with Crippen LogP contribution in [-0.4, -0.2) is 351 Å². The van der Waals surface area contributed by atoms with Crippen LogP contribution in [0.2, 0.25) is 0 Å². The van der Waals surface area contributed by atoms with Crippen LogP contribution in [0.1, 0.15) is 152 Å². The molecule has 6 aliphatic carbocycles. The molecule has 0 spiro atoms. The molecular formula is C79H126O35. The Balaban J connectivity index is 0.755. The first kappa shape index (κ1) is 90.2. The van der Waals surface area contributed by atoms with Crippen LogP contribution in [0.3, 0.4) is 0 Å². The lowest BCUT2D eigenvalue weighted by Crippen LogP contribution is -2.67. The topological polar surface area (TPSA) is 548 Å². The first-order valence-electron chi connectivity index (χ1n) is 40.5. The number of hydrogen-bond acceptors (Lipinski definition) is 35. The lowest BCUT2D eigenvalue weighted by atomic mass is 9.33. The number of aliphatic hydroxyl groups excluding tert-OH is 18. The number of hydrogen-bond donors (Lipinski definition) is 19. The van der Waals surface area contributed by atoms with Gasteiger partial charge in [-0.3, -0.25) is 4.79 Å². The summed E-state index contributed by atoms with van der Waals surface area (Å²) in [5, 5.41) is 209. The summed E-state index contributed by atoms with van der Waals surface area (Å²) in [5.74, 6) is -2.03. The lowest BCUT2D eigenvalue weighted by Gasteiger charge is -2.71. The van der Waals surface area contributed by atoms with Crippen LogP contribution < -0.4 is 0 Å². The molecule has 6 saturated heterocycles. The lowest BCUT2D eigenvalue weighted by molar-refractivity contribution is -0.379. The van der Waals surface area contributed by atoms with E-state index in [9.17, 15) is 102 Å². The molecule has 114 heavy (non-hydrogen) atoms. The van der Waals surface area contributed by atoms with E-state index in [0.717, 1.165) is 18.4 Å². The second-order valence-corrected chi connectivity index (χ2v) is 36.7. The average molecular weight is 1640 g/mol. The van der Waals surface area contributed by atoms with Crippen molar-refractivity contribution in [2.45, 2.75) is 354 Å². The van der Waals surface area contributed by atoms with E-state index >= 15 is 4.79 Å². The monoisotopic (exact) mass is 1630 g/mol. The molecule has 19 N–H and O–H groups in total. The van der Waals surface area contributed by atoms with E-state index in [0.29, 0.717) is 51.4 Å². The molecule has 0 bridgehead atoms. The summed E-state index contributed by atoms with van der Waals surface area (Å²) in [6.45, 7) is 18.8. The van der Waals surface area contributed by atoms with Gasteiger partial charge in [-0.1, -0.05) is 72.3 Å². The van der Waals surface area contributed by atoms with E-state index in [1.807, 2.05) is 0 Å². The van der Waals surface area contributed by atoms with E-state index in [1.165, 1.54) is 26.0 Å². The second kappa shape index (κ2) is 35.0. The van der Waals surface area contributed by atoms with Gasteiger partial charge in [-0.05, 0) is 149 Å². The van der Waals surface area contributed by atoms with Gasteiger partial charge in [-0.15, -0.1) is 6.58 Å². The molecule has 0 aromatic heterocycles. The van der Waals surface area contributed by atoms with Gasteiger partial charge in [0.15, 0.2) is 37.6 Å². The maximum Gasteiger partial charge on any atom is 0.336 e. The van der Waals surface area contributed by atoms with E-state index in [-0.39, 0.29) is 65.9 Å². The van der Waals surface area contributed by atoms with Crippen LogP contribution >= 0.6 is 0 Å². The van der Waals surface area contributed by atoms with Crippen LogP contribution in [-0.2, 0) is 75.9 Å². The summed E-state index contributed by atoms with van der Waals surface area (Å²) < 4.78 is 84.5. The molecule has 0 aromatic rings. The van der Waals surface area contributed by atoms with Crippen LogP contribution in [0.15, 0.2) is 36.0 Å². The molecule has 0 aromatic carbocycles. The van der Waals surface area contributed by atoms with E-state index in [2.05, 4.69) is 61.1 Å². The third kappa shape index (κ3) is 17.2. The molecule has 11 fully saturated rings. The molecule has 35 nitrogen and oxygen atoms in total. The van der Waals surface area contributed by atoms with Gasteiger partial charge in [-0.2, -0.15) is 0 Å². The van der Waals surface area contributed by atoms with Crippen LogP contribution in [0.5, 0.6) is 0 Å². The van der Waals surface area contributed by atoms with Crippen molar-refractivity contribution in [3.05, 3.63) is 36.0 Å². The van der Waals surface area contributed by atoms with Gasteiger partial charge in [0, 0.05) is 0 Å². The maximum absolute atomic E-state index is 16.1. The number of rotatable bonds is 23. The third-order valence-corrected chi connectivity index (χ3v) is 28.7. The smallest absolute Gasteiger partial charge is 0.336 e. The maximum atomic E-state index is 16.1. The number of carbonyl (C=O) groups is 2. The molecule has 12 rings (SSSR count). The standard InChI is InChI=1S/C79H126O35/c1-11-75(7,100)20-12-13-35(28-80)65(98)101-32-43-53(90)55(92)64(113-68-59(96)56(93)61(34(2)106-68)111-67-60(97)62(41(84)31-103-67)112-66-57(94)49(86)39(82)29-102-66)71(109-43)114-72(99)79-25-23-73(3,4)27-37(79)36-14-17-46-76(8)21-19-47(74(5,6)45(76)18-22-78(46,10)77(36,9)24-26-79)110-69-58(95)54(91)52(89)44(108-69)33-105-70-63(50(87)40(83)30-104-70)107-42-16-15-38(81)48(85)51(42)88/h11,13-14,34,37-64,66-71,80-97,100H,1,12,15-33H2,2-10H3.